The van der Waals surface area contributed by atoms with Crippen LogP contribution in [0.2, 0.25) is 0 Å². The largest absolute Gasteiger partial charge is 0.416 e. The molecule has 2 aliphatic carbocycles. The van der Waals surface area contributed by atoms with Crippen LogP contribution in [0.4, 0.5) is 13.2 Å². The van der Waals surface area contributed by atoms with Crippen molar-refractivity contribution >= 4 is 18.3 Å². The number of fused-ring (bicyclic) bond motifs is 2. The summed E-state index contributed by atoms with van der Waals surface area (Å²) >= 11 is 0. The van der Waals surface area contributed by atoms with Crippen molar-refractivity contribution in [2.45, 2.75) is 38.0 Å². The number of halogens is 4. The number of alkyl halides is 3. The molecule has 7 heteroatoms. The Morgan fingerprint density at radius 1 is 1.25 bits per heavy atom. The predicted molar refractivity (Wildman–Crippen MR) is 87.5 cm³/mol. The summed E-state index contributed by atoms with van der Waals surface area (Å²) < 4.78 is 39.2. The second kappa shape index (κ2) is 6.92. The topological polar surface area (TPSA) is 46.3 Å². The quantitative estimate of drug-likeness (QED) is 0.895. The van der Waals surface area contributed by atoms with E-state index in [2.05, 4.69) is 0 Å². The third kappa shape index (κ3) is 3.40. The monoisotopic (exact) mass is 362 g/mol. The van der Waals surface area contributed by atoms with Crippen LogP contribution >= 0.6 is 12.4 Å². The number of rotatable bonds is 3. The molecule has 2 saturated carbocycles. The van der Waals surface area contributed by atoms with Crippen LogP contribution in [0.1, 0.15) is 30.4 Å². The van der Waals surface area contributed by atoms with Gasteiger partial charge < -0.3 is 10.6 Å². The van der Waals surface area contributed by atoms with Gasteiger partial charge in [-0.1, -0.05) is 18.2 Å². The SMILES string of the molecule is CN(Cc1ccccc1C(F)(F)F)C(=O)C1C2CCC(C2)C1N.Cl. The van der Waals surface area contributed by atoms with E-state index in [1.165, 1.54) is 17.0 Å². The van der Waals surface area contributed by atoms with E-state index in [1.54, 1.807) is 13.1 Å². The summed E-state index contributed by atoms with van der Waals surface area (Å²) in [6.07, 6.45) is -1.37. The number of hydrogen-bond acceptors (Lipinski definition) is 2. The molecular weight excluding hydrogens is 341 g/mol. The molecule has 0 heterocycles. The van der Waals surface area contributed by atoms with Gasteiger partial charge in [0.25, 0.3) is 0 Å². The Labute approximate surface area is 145 Å². The summed E-state index contributed by atoms with van der Waals surface area (Å²) in [6, 6.07) is 5.25. The van der Waals surface area contributed by atoms with Gasteiger partial charge in [-0.15, -0.1) is 12.4 Å². The summed E-state index contributed by atoms with van der Waals surface area (Å²) in [5, 5.41) is 0. The highest BCUT2D eigenvalue weighted by Gasteiger charge is 2.49. The van der Waals surface area contributed by atoms with Crippen molar-refractivity contribution in [3.63, 3.8) is 0 Å². The second-order valence-corrected chi connectivity index (χ2v) is 6.79. The van der Waals surface area contributed by atoms with Crippen molar-refractivity contribution in [3.8, 4) is 0 Å². The predicted octanol–water partition coefficient (Wildman–Crippen LogP) is 3.46. The first-order valence-electron chi connectivity index (χ1n) is 7.94. The summed E-state index contributed by atoms with van der Waals surface area (Å²) in [7, 11) is 1.56. The standard InChI is InChI=1S/C17H21F3N2O.ClH/c1-22(9-12-4-2-3-5-13(12)17(18,19)20)16(23)14-10-6-7-11(8-10)15(14)21;/h2-5,10-11,14-15H,6-9,21H2,1H3;1H. The van der Waals surface area contributed by atoms with E-state index in [-0.39, 0.29) is 42.4 Å². The normalized spacial score (nSPS) is 28.5. The van der Waals surface area contributed by atoms with Gasteiger partial charge in [-0.3, -0.25) is 4.79 Å². The number of benzene rings is 1. The molecule has 2 bridgehead atoms. The van der Waals surface area contributed by atoms with Gasteiger partial charge in [-0.25, -0.2) is 0 Å². The molecule has 0 saturated heterocycles. The Kier molecular flexibility index (Phi) is 5.50. The minimum atomic E-state index is -4.41. The first-order valence-corrected chi connectivity index (χ1v) is 7.94. The molecule has 4 atom stereocenters. The van der Waals surface area contributed by atoms with E-state index in [0.29, 0.717) is 11.8 Å². The molecule has 4 unspecified atom stereocenters. The fourth-order valence-corrected chi connectivity index (χ4v) is 4.22. The van der Waals surface area contributed by atoms with Crippen LogP contribution < -0.4 is 5.73 Å². The first-order chi connectivity index (χ1) is 10.8. The summed E-state index contributed by atoms with van der Waals surface area (Å²) in [6.45, 7) is -0.0465. The molecule has 0 spiro atoms. The Balaban J connectivity index is 0.00000208. The molecule has 2 N–H and O–H groups in total. The lowest BCUT2D eigenvalue weighted by atomic mass is 9.84. The van der Waals surface area contributed by atoms with Crippen molar-refractivity contribution in [2.75, 3.05) is 7.05 Å². The lowest BCUT2D eigenvalue weighted by molar-refractivity contribution is -0.141. The molecule has 2 aliphatic rings. The highest BCUT2D eigenvalue weighted by Crippen LogP contribution is 2.48. The number of carbonyl (C=O) groups excluding carboxylic acids is 1. The van der Waals surface area contributed by atoms with Crippen molar-refractivity contribution < 1.29 is 18.0 Å². The maximum atomic E-state index is 13.1. The van der Waals surface area contributed by atoms with Gasteiger partial charge in [0, 0.05) is 19.6 Å². The Bertz CT molecular complexity index is 606. The average molecular weight is 363 g/mol. The average Bonchev–Trinajstić information content (AvgIpc) is 3.07. The lowest BCUT2D eigenvalue weighted by Crippen LogP contribution is -2.45. The third-order valence-corrected chi connectivity index (χ3v) is 5.37. The van der Waals surface area contributed by atoms with E-state index >= 15 is 0 Å². The number of nitrogens with zero attached hydrogens (tertiary/aromatic N) is 1. The molecule has 2 fully saturated rings. The summed E-state index contributed by atoms with van der Waals surface area (Å²) in [5.74, 6) is 0.325. The van der Waals surface area contributed by atoms with Crippen LogP contribution in [-0.2, 0) is 17.5 Å². The summed E-state index contributed by atoms with van der Waals surface area (Å²) in [5.41, 5.74) is 5.60. The molecule has 0 aromatic heterocycles. The molecular formula is C17H22ClF3N2O. The highest BCUT2D eigenvalue weighted by molar-refractivity contribution is 5.85. The van der Waals surface area contributed by atoms with Gasteiger partial charge >= 0.3 is 6.18 Å². The third-order valence-electron chi connectivity index (χ3n) is 5.37. The fraction of sp³-hybridized carbons (Fsp3) is 0.588. The second-order valence-electron chi connectivity index (χ2n) is 6.79. The number of nitrogens with two attached hydrogens (primary N) is 1. The number of amides is 1. The van der Waals surface area contributed by atoms with Crippen molar-refractivity contribution in [1.29, 1.82) is 0 Å². The van der Waals surface area contributed by atoms with Gasteiger partial charge in [0.2, 0.25) is 5.91 Å². The fourth-order valence-electron chi connectivity index (χ4n) is 4.22. The van der Waals surface area contributed by atoms with Crippen LogP contribution in [0, 0.1) is 17.8 Å². The molecule has 0 radical (unpaired) electrons. The Morgan fingerprint density at radius 3 is 2.46 bits per heavy atom. The van der Waals surface area contributed by atoms with E-state index < -0.39 is 11.7 Å². The molecule has 24 heavy (non-hydrogen) atoms. The maximum absolute atomic E-state index is 13.1. The molecule has 0 aliphatic heterocycles. The van der Waals surface area contributed by atoms with Crippen LogP contribution in [0.3, 0.4) is 0 Å². The van der Waals surface area contributed by atoms with E-state index in [4.69, 9.17) is 5.73 Å². The van der Waals surface area contributed by atoms with E-state index in [0.717, 1.165) is 25.3 Å². The summed E-state index contributed by atoms with van der Waals surface area (Å²) in [4.78, 5) is 14.1. The van der Waals surface area contributed by atoms with E-state index in [1.807, 2.05) is 0 Å². The minimum Gasteiger partial charge on any atom is -0.341 e. The van der Waals surface area contributed by atoms with Gasteiger partial charge in [0.05, 0.1) is 11.5 Å². The number of hydrogen-bond donors (Lipinski definition) is 1. The molecule has 134 valence electrons. The van der Waals surface area contributed by atoms with Gasteiger partial charge in [-0.05, 0) is 42.7 Å². The maximum Gasteiger partial charge on any atom is 0.416 e. The smallest absolute Gasteiger partial charge is 0.341 e. The number of carbonyl (C=O) groups is 1. The molecule has 3 nitrogen and oxygen atoms in total. The van der Waals surface area contributed by atoms with Gasteiger partial charge in [0.15, 0.2) is 0 Å². The first kappa shape index (κ1) is 19.1. The minimum absolute atomic E-state index is 0. The molecule has 1 aromatic carbocycles. The Hall–Kier alpha value is -1.27. The Morgan fingerprint density at radius 2 is 1.88 bits per heavy atom. The van der Waals surface area contributed by atoms with Crippen molar-refractivity contribution in [2.24, 2.45) is 23.5 Å². The molecule has 1 amide bonds. The zero-order valence-electron chi connectivity index (χ0n) is 13.4. The van der Waals surface area contributed by atoms with Crippen molar-refractivity contribution in [3.05, 3.63) is 35.4 Å². The lowest BCUT2D eigenvalue weighted by Gasteiger charge is -2.31. The van der Waals surface area contributed by atoms with Crippen LogP contribution in [-0.4, -0.2) is 23.9 Å². The van der Waals surface area contributed by atoms with E-state index in [9.17, 15) is 18.0 Å². The highest BCUT2D eigenvalue weighted by atomic mass is 35.5. The zero-order chi connectivity index (χ0) is 16.8. The zero-order valence-corrected chi connectivity index (χ0v) is 14.2. The van der Waals surface area contributed by atoms with Crippen LogP contribution in [0.15, 0.2) is 24.3 Å². The van der Waals surface area contributed by atoms with Gasteiger partial charge in [0.1, 0.15) is 0 Å². The van der Waals surface area contributed by atoms with Crippen LogP contribution in [0.5, 0.6) is 0 Å². The molecule has 3 rings (SSSR count). The molecule has 1 aromatic rings. The van der Waals surface area contributed by atoms with Gasteiger partial charge in [-0.2, -0.15) is 13.2 Å². The van der Waals surface area contributed by atoms with Crippen LogP contribution in [0.25, 0.3) is 0 Å². The van der Waals surface area contributed by atoms with Crippen molar-refractivity contribution in [1.82, 2.24) is 4.90 Å².